The Balaban J connectivity index is 2.10. The Morgan fingerprint density at radius 1 is 1.17 bits per heavy atom. The van der Waals surface area contributed by atoms with Gasteiger partial charge in [0, 0.05) is 0 Å². The number of para-hydroxylation sites is 1. The Labute approximate surface area is 106 Å². The van der Waals surface area contributed by atoms with Gasteiger partial charge in [0.15, 0.2) is 0 Å². The van der Waals surface area contributed by atoms with E-state index in [1.165, 1.54) is 18.9 Å². The van der Waals surface area contributed by atoms with Crippen molar-refractivity contribution in [3.63, 3.8) is 0 Å². The van der Waals surface area contributed by atoms with Crippen LogP contribution in [-0.2, 0) is 0 Å². The average Bonchev–Trinajstić information content (AvgIpc) is 2.38. The van der Waals surface area contributed by atoms with Crippen LogP contribution in [0, 0.1) is 0 Å². The van der Waals surface area contributed by atoms with Gasteiger partial charge in [0.2, 0.25) is 0 Å². The molecule has 1 aromatic heterocycles. The Hall–Kier alpha value is -1.77. The predicted octanol–water partition coefficient (Wildman–Crippen LogP) is 3.75. The summed E-state index contributed by atoms with van der Waals surface area (Å²) < 4.78 is 10.8. The highest BCUT2D eigenvalue weighted by Gasteiger charge is 2.05. The summed E-state index contributed by atoms with van der Waals surface area (Å²) in [5, 5.41) is 0.854. The minimum absolute atomic E-state index is 0.364. The number of fused-ring (bicyclic) bond motifs is 1. The number of hydrogen-bond acceptors (Lipinski definition) is 3. The Morgan fingerprint density at radius 3 is 2.83 bits per heavy atom. The molecule has 0 unspecified atom stereocenters. The third-order valence-electron chi connectivity index (χ3n) is 2.87. The van der Waals surface area contributed by atoms with Crippen LogP contribution in [0.1, 0.15) is 32.6 Å². The Morgan fingerprint density at radius 2 is 2.00 bits per heavy atom. The van der Waals surface area contributed by atoms with Crippen LogP contribution in [0.15, 0.2) is 39.5 Å². The van der Waals surface area contributed by atoms with Crippen LogP contribution in [0.2, 0.25) is 0 Å². The number of benzene rings is 1. The smallest absolute Gasteiger partial charge is 0.339 e. The maximum atomic E-state index is 11.4. The lowest BCUT2D eigenvalue weighted by molar-refractivity contribution is 0.306. The van der Waals surface area contributed by atoms with Crippen molar-refractivity contribution in [2.75, 3.05) is 6.61 Å². The van der Waals surface area contributed by atoms with Crippen molar-refractivity contribution < 1.29 is 9.15 Å². The van der Waals surface area contributed by atoms with Crippen molar-refractivity contribution in [3.8, 4) is 5.75 Å². The summed E-state index contributed by atoms with van der Waals surface area (Å²) in [6, 6.07) is 8.85. The van der Waals surface area contributed by atoms with Crippen molar-refractivity contribution in [1.29, 1.82) is 0 Å². The molecule has 96 valence electrons. The van der Waals surface area contributed by atoms with Gasteiger partial charge in [0.1, 0.15) is 11.3 Å². The molecular weight excluding hydrogens is 228 g/mol. The largest absolute Gasteiger partial charge is 0.493 e. The van der Waals surface area contributed by atoms with E-state index < -0.39 is 0 Å². The molecule has 1 heterocycles. The molecule has 3 heteroatoms. The van der Waals surface area contributed by atoms with Crippen LogP contribution >= 0.6 is 0 Å². The van der Waals surface area contributed by atoms with Crippen LogP contribution in [0.5, 0.6) is 5.75 Å². The molecule has 0 aliphatic carbocycles. The van der Waals surface area contributed by atoms with Crippen molar-refractivity contribution in [2.45, 2.75) is 32.6 Å². The third kappa shape index (κ3) is 3.13. The summed E-state index contributed by atoms with van der Waals surface area (Å²) in [4.78, 5) is 11.4. The van der Waals surface area contributed by atoms with E-state index in [0.29, 0.717) is 17.9 Å². The van der Waals surface area contributed by atoms with E-state index in [0.717, 1.165) is 18.2 Å². The Kier molecular flexibility index (Phi) is 4.40. The first-order valence-electron chi connectivity index (χ1n) is 6.47. The summed E-state index contributed by atoms with van der Waals surface area (Å²) in [5.41, 5.74) is 0.214. The van der Waals surface area contributed by atoms with E-state index in [9.17, 15) is 4.79 Å². The first-order chi connectivity index (χ1) is 8.81. The van der Waals surface area contributed by atoms with Crippen LogP contribution in [0.3, 0.4) is 0 Å². The van der Waals surface area contributed by atoms with Crippen molar-refractivity contribution in [2.24, 2.45) is 0 Å². The maximum Gasteiger partial charge on any atom is 0.339 e. The minimum Gasteiger partial charge on any atom is -0.493 e. The molecule has 1 aromatic carbocycles. The zero-order valence-electron chi connectivity index (χ0n) is 10.6. The minimum atomic E-state index is -0.364. The van der Waals surface area contributed by atoms with Gasteiger partial charge in [-0.3, -0.25) is 0 Å². The monoisotopic (exact) mass is 246 g/mol. The fraction of sp³-hybridized carbons (Fsp3) is 0.400. The summed E-state index contributed by atoms with van der Waals surface area (Å²) in [7, 11) is 0. The lowest BCUT2D eigenvalue weighted by Gasteiger charge is -2.07. The fourth-order valence-electron chi connectivity index (χ4n) is 1.91. The van der Waals surface area contributed by atoms with Crippen LogP contribution in [-0.4, -0.2) is 6.61 Å². The molecule has 0 bridgehead atoms. The normalized spacial score (nSPS) is 10.7. The molecule has 2 rings (SSSR count). The van der Waals surface area contributed by atoms with Gasteiger partial charge >= 0.3 is 5.63 Å². The summed E-state index contributed by atoms with van der Waals surface area (Å²) in [6.07, 6.45) is 4.61. The van der Waals surface area contributed by atoms with Gasteiger partial charge in [-0.2, -0.15) is 0 Å². The molecular formula is C15H18O3. The zero-order chi connectivity index (χ0) is 12.8. The van der Waals surface area contributed by atoms with E-state index >= 15 is 0 Å². The van der Waals surface area contributed by atoms with Crippen molar-refractivity contribution in [1.82, 2.24) is 0 Å². The highest BCUT2D eigenvalue weighted by molar-refractivity contribution is 5.82. The summed E-state index contributed by atoms with van der Waals surface area (Å²) in [6.45, 7) is 2.82. The third-order valence-corrected chi connectivity index (χ3v) is 2.87. The SMILES string of the molecule is CCCCCCOc1cc(=O)oc2ccccc12. The highest BCUT2D eigenvalue weighted by Crippen LogP contribution is 2.23. The number of rotatable bonds is 6. The standard InChI is InChI=1S/C15H18O3/c1-2-3-4-7-10-17-14-11-15(16)18-13-9-6-5-8-12(13)14/h5-6,8-9,11H,2-4,7,10H2,1H3. The molecule has 18 heavy (non-hydrogen) atoms. The second-order valence-corrected chi connectivity index (χ2v) is 4.33. The van der Waals surface area contributed by atoms with Gasteiger partial charge in [-0.1, -0.05) is 38.3 Å². The average molecular weight is 246 g/mol. The van der Waals surface area contributed by atoms with E-state index in [1.54, 1.807) is 6.07 Å². The molecule has 0 radical (unpaired) electrons. The summed E-state index contributed by atoms with van der Waals surface area (Å²) >= 11 is 0. The molecule has 0 saturated heterocycles. The lowest BCUT2D eigenvalue weighted by Crippen LogP contribution is -2.03. The maximum absolute atomic E-state index is 11.4. The van der Waals surface area contributed by atoms with Crippen molar-refractivity contribution >= 4 is 11.0 Å². The lowest BCUT2D eigenvalue weighted by atomic mass is 10.2. The topological polar surface area (TPSA) is 39.4 Å². The van der Waals surface area contributed by atoms with Crippen molar-refractivity contribution in [3.05, 3.63) is 40.8 Å². The second-order valence-electron chi connectivity index (χ2n) is 4.33. The van der Waals surface area contributed by atoms with Gasteiger partial charge in [-0.15, -0.1) is 0 Å². The number of hydrogen-bond donors (Lipinski definition) is 0. The zero-order valence-corrected chi connectivity index (χ0v) is 10.6. The van der Waals surface area contributed by atoms with E-state index in [4.69, 9.17) is 9.15 Å². The van der Waals surface area contributed by atoms with E-state index in [2.05, 4.69) is 6.92 Å². The van der Waals surface area contributed by atoms with Gasteiger partial charge in [-0.25, -0.2) is 4.79 Å². The van der Waals surface area contributed by atoms with Gasteiger partial charge < -0.3 is 9.15 Å². The van der Waals surface area contributed by atoms with Crippen LogP contribution < -0.4 is 10.4 Å². The van der Waals surface area contributed by atoms with Gasteiger partial charge in [-0.05, 0) is 18.6 Å². The fourth-order valence-corrected chi connectivity index (χ4v) is 1.91. The Bertz CT molecular complexity index is 557. The number of unbranched alkanes of at least 4 members (excludes halogenated alkanes) is 3. The molecule has 0 atom stereocenters. The van der Waals surface area contributed by atoms with Crippen LogP contribution in [0.4, 0.5) is 0 Å². The van der Waals surface area contributed by atoms with Crippen LogP contribution in [0.25, 0.3) is 11.0 Å². The molecule has 0 saturated carbocycles. The second kappa shape index (κ2) is 6.24. The molecule has 0 aliphatic rings. The first kappa shape index (κ1) is 12.7. The molecule has 0 aliphatic heterocycles. The van der Waals surface area contributed by atoms with Gasteiger partial charge in [0.05, 0.1) is 18.1 Å². The van der Waals surface area contributed by atoms with E-state index in [-0.39, 0.29) is 5.63 Å². The van der Waals surface area contributed by atoms with E-state index in [1.807, 2.05) is 18.2 Å². The molecule has 2 aromatic rings. The molecule has 0 N–H and O–H groups in total. The first-order valence-corrected chi connectivity index (χ1v) is 6.47. The molecule has 0 spiro atoms. The molecule has 3 nitrogen and oxygen atoms in total. The molecule has 0 fully saturated rings. The van der Waals surface area contributed by atoms with Gasteiger partial charge in [0.25, 0.3) is 0 Å². The molecule has 0 amide bonds. The quantitative estimate of drug-likeness (QED) is 0.575. The number of ether oxygens (including phenoxy) is 1. The summed E-state index contributed by atoms with van der Waals surface area (Å²) in [5.74, 6) is 0.623. The predicted molar refractivity (Wildman–Crippen MR) is 72.1 cm³/mol. The highest BCUT2D eigenvalue weighted by atomic mass is 16.5.